The van der Waals surface area contributed by atoms with E-state index in [0.717, 1.165) is 29.8 Å². The van der Waals surface area contributed by atoms with Crippen LogP contribution in [0.1, 0.15) is 98.6 Å². The van der Waals surface area contributed by atoms with Crippen molar-refractivity contribution in [2.45, 2.75) is 104 Å². The van der Waals surface area contributed by atoms with Crippen molar-refractivity contribution in [3.05, 3.63) is 112 Å². The number of ether oxygens (including phenoxy) is 1. The first-order valence-corrected chi connectivity index (χ1v) is 19.9. The third kappa shape index (κ3) is 8.79. The molecular weight excluding hydrogens is 727 g/mol. The smallest absolute Gasteiger partial charge is 0.265 e. The van der Waals surface area contributed by atoms with E-state index in [1.807, 2.05) is 89.9 Å². The first-order chi connectivity index (χ1) is 26.2. The zero-order valence-corrected chi connectivity index (χ0v) is 34.7. The molecule has 5 aromatic rings. The molecule has 2 amide bonds. The number of rotatable bonds is 15. The van der Waals surface area contributed by atoms with Gasteiger partial charge in [0, 0.05) is 12.0 Å². The van der Waals surface area contributed by atoms with Crippen LogP contribution in [0.25, 0.3) is 17.1 Å². The number of carbonyl (C=O) groups excluding carboxylic acids is 2. The van der Waals surface area contributed by atoms with Crippen molar-refractivity contribution in [1.82, 2.24) is 13.9 Å². The van der Waals surface area contributed by atoms with Crippen LogP contribution in [-0.2, 0) is 20.4 Å². The van der Waals surface area contributed by atoms with Gasteiger partial charge in [-0.2, -0.15) is 0 Å². The molecule has 1 heterocycles. The number of para-hydroxylation sites is 2. The molecule has 1 atom stereocenters. The number of anilines is 2. The number of nitrogens with one attached hydrogen (secondary N) is 2. The molecule has 0 saturated heterocycles. The summed E-state index contributed by atoms with van der Waals surface area (Å²) >= 11 is 12.2. The van der Waals surface area contributed by atoms with Gasteiger partial charge in [-0.25, -0.2) is 9.36 Å². The molecule has 4 aromatic carbocycles. The van der Waals surface area contributed by atoms with E-state index < -0.39 is 12.0 Å². The minimum atomic E-state index is -0.895. The Hall–Kier alpha value is -5.00. The normalized spacial score (nSPS) is 12.3. The number of phenols is 1. The van der Waals surface area contributed by atoms with Crippen LogP contribution in [0.2, 0.25) is 0 Å². The molecule has 9 nitrogen and oxygen atoms in total. The standard InChI is InChI=1S/C44H53N5O4S2/c1-9-19-38(50)45-34-27-32(47-41(54)48(30-20-15-13-16-21-30)49(42(47)55)31-22-17-14-18-23-31)28-35(39(34)51)46-40(52)36(10-2)53-37-25-24-29(43(5,6)11-3)26-33(37)44(7,8)12-4/h13-18,20-28,36,51H,9-12,19H2,1-8H3,(H,45,50)(H,46,52). The SMILES string of the molecule is CCCC(=O)Nc1cc(-n2c(=S)n(-c3ccccc3)n(-c3ccccc3)c2=S)cc(NC(=O)C(CC)Oc2ccc(C(C)(C)CC)cc2C(C)(C)CC)c1O. The van der Waals surface area contributed by atoms with Gasteiger partial charge >= 0.3 is 0 Å². The average molecular weight is 780 g/mol. The fourth-order valence-electron chi connectivity index (χ4n) is 6.30. The number of benzene rings is 4. The zero-order valence-electron chi connectivity index (χ0n) is 33.1. The Kier molecular flexibility index (Phi) is 12.9. The molecule has 0 aliphatic carbocycles. The van der Waals surface area contributed by atoms with Crippen molar-refractivity contribution >= 4 is 47.6 Å². The maximum absolute atomic E-state index is 14.2. The number of hydrogen-bond acceptors (Lipinski definition) is 6. The van der Waals surface area contributed by atoms with Crippen LogP contribution in [0.15, 0.2) is 91.0 Å². The van der Waals surface area contributed by atoms with Gasteiger partial charge in [-0.3, -0.25) is 14.2 Å². The number of hydrogen-bond donors (Lipinski definition) is 3. The van der Waals surface area contributed by atoms with Crippen molar-refractivity contribution in [2.24, 2.45) is 0 Å². The number of phenolic OH excluding ortho intramolecular Hbond substituents is 1. The molecule has 290 valence electrons. The quantitative estimate of drug-likeness (QED) is 0.0722. The summed E-state index contributed by atoms with van der Waals surface area (Å²) in [5.74, 6) is -0.399. The summed E-state index contributed by atoms with van der Waals surface area (Å²) in [6.45, 7) is 16.9. The molecule has 0 aliphatic rings. The van der Waals surface area contributed by atoms with Crippen LogP contribution in [0.3, 0.4) is 0 Å². The number of aromatic hydroxyl groups is 1. The van der Waals surface area contributed by atoms with Gasteiger partial charge in [-0.1, -0.05) is 104 Å². The van der Waals surface area contributed by atoms with Crippen LogP contribution < -0.4 is 15.4 Å². The summed E-state index contributed by atoms with van der Waals surface area (Å²) in [4.78, 5) is 27.1. The molecule has 0 radical (unpaired) electrons. The summed E-state index contributed by atoms with van der Waals surface area (Å²) in [5.41, 5.74) is 4.19. The first-order valence-electron chi connectivity index (χ1n) is 19.0. The highest BCUT2D eigenvalue weighted by Gasteiger charge is 2.30. The second kappa shape index (κ2) is 17.2. The number of nitrogens with zero attached hydrogens (tertiary/aromatic N) is 3. The monoisotopic (exact) mass is 779 g/mol. The Morgan fingerprint density at radius 2 is 1.25 bits per heavy atom. The lowest BCUT2D eigenvalue weighted by atomic mass is 9.76. The van der Waals surface area contributed by atoms with Crippen molar-refractivity contribution in [3.8, 4) is 28.6 Å². The molecule has 11 heteroatoms. The fourth-order valence-corrected chi connectivity index (χ4v) is 7.11. The summed E-state index contributed by atoms with van der Waals surface area (Å²) in [6, 6.07) is 28.7. The average Bonchev–Trinajstić information content (AvgIpc) is 3.44. The van der Waals surface area contributed by atoms with E-state index in [1.54, 1.807) is 16.7 Å². The Morgan fingerprint density at radius 3 is 1.75 bits per heavy atom. The van der Waals surface area contributed by atoms with E-state index in [2.05, 4.69) is 64.3 Å². The highest BCUT2D eigenvalue weighted by molar-refractivity contribution is 7.72. The minimum absolute atomic E-state index is 0.0261. The van der Waals surface area contributed by atoms with Crippen molar-refractivity contribution in [3.63, 3.8) is 0 Å². The largest absolute Gasteiger partial charge is 0.504 e. The minimum Gasteiger partial charge on any atom is -0.504 e. The van der Waals surface area contributed by atoms with Crippen LogP contribution >= 0.6 is 24.4 Å². The molecule has 1 unspecified atom stereocenters. The van der Waals surface area contributed by atoms with Gasteiger partial charge in [0.15, 0.2) is 11.9 Å². The highest BCUT2D eigenvalue weighted by atomic mass is 32.1. The maximum Gasteiger partial charge on any atom is 0.265 e. The van der Waals surface area contributed by atoms with Gasteiger partial charge in [0.05, 0.1) is 28.4 Å². The predicted octanol–water partition coefficient (Wildman–Crippen LogP) is 11.1. The second-order valence-electron chi connectivity index (χ2n) is 15.1. The van der Waals surface area contributed by atoms with E-state index >= 15 is 0 Å². The highest BCUT2D eigenvalue weighted by Crippen LogP contribution is 2.40. The van der Waals surface area contributed by atoms with E-state index in [-0.39, 0.29) is 40.3 Å². The first kappa shape index (κ1) is 41.2. The van der Waals surface area contributed by atoms with E-state index in [9.17, 15) is 14.7 Å². The molecule has 0 spiro atoms. The van der Waals surface area contributed by atoms with Crippen molar-refractivity contribution in [2.75, 3.05) is 10.6 Å². The molecule has 5 rings (SSSR count). The zero-order chi connectivity index (χ0) is 40.1. The number of aromatic nitrogens is 3. The van der Waals surface area contributed by atoms with Crippen LogP contribution in [0, 0.1) is 9.54 Å². The summed E-state index contributed by atoms with van der Waals surface area (Å²) in [6.07, 6.45) is 2.17. The Balaban J connectivity index is 1.62. The molecule has 0 fully saturated rings. The number of amides is 2. The lowest BCUT2D eigenvalue weighted by Gasteiger charge is -2.31. The lowest BCUT2D eigenvalue weighted by Crippen LogP contribution is -2.33. The summed E-state index contributed by atoms with van der Waals surface area (Å²) in [7, 11) is 0. The molecule has 1 aromatic heterocycles. The van der Waals surface area contributed by atoms with Crippen LogP contribution in [0.5, 0.6) is 11.5 Å². The maximum atomic E-state index is 14.2. The van der Waals surface area contributed by atoms with Gasteiger partial charge in [-0.05, 0) is 109 Å². The lowest BCUT2D eigenvalue weighted by molar-refractivity contribution is -0.123. The molecule has 0 bridgehead atoms. The predicted molar refractivity (Wildman–Crippen MR) is 228 cm³/mol. The third-order valence-electron chi connectivity index (χ3n) is 10.5. The molecule has 3 N–H and O–H groups in total. The molecule has 0 aliphatic heterocycles. The van der Waals surface area contributed by atoms with Crippen molar-refractivity contribution < 1.29 is 19.4 Å². The molecular formula is C44H53N5O4S2. The topological polar surface area (TPSA) is 102 Å². The van der Waals surface area contributed by atoms with Gasteiger partial charge < -0.3 is 20.5 Å². The summed E-state index contributed by atoms with van der Waals surface area (Å²) in [5, 5.41) is 17.3. The fraction of sp³-hybridized carbons (Fsp3) is 0.364. The van der Waals surface area contributed by atoms with Gasteiger partial charge in [0.2, 0.25) is 15.4 Å². The van der Waals surface area contributed by atoms with Crippen LogP contribution in [-0.4, -0.2) is 37.0 Å². The molecule has 0 saturated carbocycles. The van der Waals surface area contributed by atoms with Gasteiger partial charge in [0.1, 0.15) is 5.75 Å². The van der Waals surface area contributed by atoms with Crippen LogP contribution in [0.4, 0.5) is 11.4 Å². The Morgan fingerprint density at radius 1 is 0.727 bits per heavy atom. The van der Waals surface area contributed by atoms with E-state index in [0.29, 0.717) is 33.8 Å². The Bertz CT molecular complexity index is 2200. The van der Waals surface area contributed by atoms with Crippen molar-refractivity contribution in [1.29, 1.82) is 0 Å². The second-order valence-corrected chi connectivity index (χ2v) is 15.8. The summed E-state index contributed by atoms with van der Waals surface area (Å²) < 4.78 is 12.6. The van der Waals surface area contributed by atoms with E-state index in [1.165, 1.54) is 5.56 Å². The van der Waals surface area contributed by atoms with Gasteiger partial charge in [0.25, 0.3) is 5.91 Å². The van der Waals surface area contributed by atoms with E-state index in [4.69, 9.17) is 29.2 Å². The third-order valence-corrected chi connectivity index (χ3v) is 11.2. The van der Waals surface area contributed by atoms with Gasteiger partial charge in [-0.15, -0.1) is 0 Å². The molecule has 55 heavy (non-hydrogen) atoms. The Labute approximate surface area is 335 Å². The number of carbonyl (C=O) groups is 2.